The van der Waals surface area contributed by atoms with E-state index in [0.29, 0.717) is 18.4 Å². The van der Waals surface area contributed by atoms with Crippen molar-refractivity contribution in [3.8, 4) is 0 Å². The van der Waals surface area contributed by atoms with Crippen molar-refractivity contribution in [2.45, 2.75) is 26.2 Å². The van der Waals surface area contributed by atoms with Crippen LogP contribution in [0.5, 0.6) is 0 Å². The Kier molecular flexibility index (Phi) is 4.52. The highest BCUT2D eigenvalue weighted by Crippen LogP contribution is 2.30. The number of halogens is 4. The normalized spacial score (nSPS) is 11.7. The highest BCUT2D eigenvalue weighted by atomic mass is 19.4. The van der Waals surface area contributed by atoms with Gasteiger partial charge in [0.05, 0.1) is 11.3 Å². The fourth-order valence-electron chi connectivity index (χ4n) is 1.85. The molecular formula is C14H13F4N3. The molecule has 0 unspecified atom stereocenters. The SMILES string of the molecule is Cc1nccc(CNCc2cc(F)cc(C(F)(F)F)c2)n1. The Hall–Kier alpha value is -2.02. The van der Waals surface area contributed by atoms with Crippen molar-refractivity contribution in [2.24, 2.45) is 0 Å². The number of hydrogen-bond acceptors (Lipinski definition) is 3. The summed E-state index contributed by atoms with van der Waals surface area (Å²) < 4.78 is 50.9. The smallest absolute Gasteiger partial charge is 0.307 e. The lowest BCUT2D eigenvalue weighted by molar-refractivity contribution is -0.137. The Balaban J connectivity index is 2.02. The molecule has 0 spiro atoms. The maximum Gasteiger partial charge on any atom is 0.416 e. The molecule has 2 aromatic rings. The zero-order valence-corrected chi connectivity index (χ0v) is 11.2. The Morgan fingerprint density at radius 3 is 2.57 bits per heavy atom. The van der Waals surface area contributed by atoms with E-state index in [0.717, 1.165) is 17.8 Å². The molecule has 0 fully saturated rings. The van der Waals surface area contributed by atoms with E-state index in [2.05, 4.69) is 15.3 Å². The average molecular weight is 299 g/mol. The molecule has 0 amide bonds. The van der Waals surface area contributed by atoms with E-state index in [1.54, 1.807) is 19.2 Å². The zero-order valence-electron chi connectivity index (χ0n) is 11.2. The molecule has 0 atom stereocenters. The van der Waals surface area contributed by atoms with Crippen molar-refractivity contribution in [2.75, 3.05) is 0 Å². The van der Waals surface area contributed by atoms with Gasteiger partial charge in [-0.05, 0) is 36.8 Å². The van der Waals surface area contributed by atoms with Gasteiger partial charge in [0.1, 0.15) is 11.6 Å². The van der Waals surface area contributed by atoms with Crippen LogP contribution in [0.2, 0.25) is 0 Å². The van der Waals surface area contributed by atoms with Gasteiger partial charge < -0.3 is 5.32 Å². The van der Waals surface area contributed by atoms with Crippen LogP contribution in [-0.2, 0) is 19.3 Å². The Morgan fingerprint density at radius 1 is 1.14 bits per heavy atom. The number of benzene rings is 1. The van der Waals surface area contributed by atoms with Gasteiger partial charge in [0, 0.05) is 19.3 Å². The van der Waals surface area contributed by atoms with Gasteiger partial charge in [-0.15, -0.1) is 0 Å². The van der Waals surface area contributed by atoms with E-state index in [9.17, 15) is 17.6 Å². The first-order valence-electron chi connectivity index (χ1n) is 6.20. The molecule has 1 aromatic heterocycles. The summed E-state index contributed by atoms with van der Waals surface area (Å²) in [6, 6.07) is 4.19. The molecule has 7 heteroatoms. The maximum absolute atomic E-state index is 13.2. The number of alkyl halides is 3. The third kappa shape index (κ3) is 4.49. The average Bonchev–Trinajstić information content (AvgIpc) is 2.37. The summed E-state index contributed by atoms with van der Waals surface area (Å²) in [5.74, 6) is -0.293. The molecule has 0 saturated heterocycles. The largest absolute Gasteiger partial charge is 0.416 e. The number of nitrogens with zero attached hydrogens (tertiary/aromatic N) is 2. The molecule has 1 heterocycles. The third-order valence-corrected chi connectivity index (χ3v) is 2.75. The fraction of sp³-hybridized carbons (Fsp3) is 0.286. The third-order valence-electron chi connectivity index (χ3n) is 2.75. The summed E-state index contributed by atoms with van der Waals surface area (Å²) in [7, 11) is 0. The van der Waals surface area contributed by atoms with E-state index in [1.807, 2.05) is 0 Å². The van der Waals surface area contributed by atoms with Gasteiger partial charge in [-0.1, -0.05) is 0 Å². The Labute approximate surface area is 119 Å². The van der Waals surface area contributed by atoms with Crippen molar-refractivity contribution in [3.63, 3.8) is 0 Å². The van der Waals surface area contributed by atoms with Crippen LogP contribution in [0.4, 0.5) is 17.6 Å². The number of aromatic nitrogens is 2. The second-order valence-electron chi connectivity index (χ2n) is 4.54. The Morgan fingerprint density at radius 2 is 1.90 bits per heavy atom. The molecule has 1 N–H and O–H groups in total. The molecule has 0 aliphatic carbocycles. The predicted octanol–water partition coefficient (Wildman–Crippen LogP) is 3.23. The van der Waals surface area contributed by atoms with Crippen LogP contribution < -0.4 is 5.32 Å². The molecule has 0 aliphatic rings. The van der Waals surface area contributed by atoms with Crippen molar-refractivity contribution < 1.29 is 17.6 Å². The molecule has 3 nitrogen and oxygen atoms in total. The second-order valence-corrected chi connectivity index (χ2v) is 4.54. The minimum absolute atomic E-state index is 0.115. The lowest BCUT2D eigenvalue weighted by Gasteiger charge is -2.10. The summed E-state index contributed by atoms with van der Waals surface area (Å²) in [5, 5.41) is 2.93. The highest BCUT2D eigenvalue weighted by molar-refractivity contribution is 5.26. The van der Waals surface area contributed by atoms with E-state index >= 15 is 0 Å². The number of hydrogen-bond donors (Lipinski definition) is 1. The molecule has 21 heavy (non-hydrogen) atoms. The summed E-state index contributed by atoms with van der Waals surface area (Å²) >= 11 is 0. The molecule has 112 valence electrons. The van der Waals surface area contributed by atoms with Crippen LogP contribution in [0, 0.1) is 12.7 Å². The number of aryl methyl sites for hydroxylation is 1. The minimum Gasteiger partial charge on any atom is -0.307 e. The van der Waals surface area contributed by atoms with Crippen LogP contribution in [0.1, 0.15) is 22.6 Å². The van der Waals surface area contributed by atoms with Crippen LogP contribution in [0.15, 0.2) is 30.5 Å². The van der Waals surface area contributed by atoms with Gasteiger partial charge in [0.15, 0.2) is 0 Å². The summed E-state index contributed by atoms with van der Waals surface area (Å²) in [5.41, 5.74) is -0.0415. The number of nitrogens with one attached hydrogen (secondary N) is 1. The van der Waals surface area contributed by atoms with Crippen LogP contribution in [-0.4, -0.2) is 9.97 Å². The van der Waals surface area contributed by atoms with E-state index in [1.165, 1.54) is 0 Å². The van der Waals surface area contributed by atoms with Crippen LogP contribution in [0.25, 0.3) is 0 Å². The van der Waals surface area contributed by atoms with Gasteiger partial charge in [-0.2, -0.15) is 13.2 Å². The van der Waals surface area contributed by atoms with Crippen LogP contribution in [0.3, 0.4) is 0 Å². The monoisotopic (exact) mass is 299 g/mol. The highest BCUT2D eigenvalue weighted by Gasteiger charge is 2.31. The first-order valence-corrected chi connectivity index (χ1v) is 6.20. The van der Waals surface area contributed by atoms with Crippen molar-refractivity contribution in [3.05, 3.63) is 58.9 Å². The lowest BCUT2D eigenvalue weighted by Crippen LogP contribution is -2.15. The van der Waals surface area contributed by atoms with Crippen molar-refractivity contribution in [1.29, 1.82) is 0 Å². The zero-order chi connectivity index (χ0) is 15.5. The van der Waals surface area contributed by atoms with Gasteiger partial charge >= 0.3 is 6.18 Å². The van der Waals surface area contributed by atoms with Crippen molar-refractivity contribution >= 4 is 0 Å². The topological polar surface area (TPSA) is 37.8 Å². The van der Waals surface area contributed by atoms with Crippen molar-refractivity contribution in [1.82, 2.24) is 15.3 Å². The first kappa shape index (κ1) is 15.4. The van der Waals surface area contributed by atoms with Crippen LogP contribution >= 0.6 is 0 Å². The number of rotatable bonds is 4. The van der Waals surface area contributed by atoms with E-state index in [4.69, 9.17) is 0 Å². The molecule has 2 rings (SSSR count). The Bertz CT molecular complexity index is 626. The molecule has 0 aliphatic heterocycles. The van der Waals surface area contributed by atoms with E-state index in [-0.39, 0.29) is 12.1 Å². The minimum atomic E-state index is -4.55. The molecule has 1 aromatic carbocycles. The summed E-state index contributed by atoms with van der Waals surface area (Å²) in [4.78, 5) is 8.09. The molecule has 0 saturated carbocycles. The molecule has 0 radical (unpaired) electrons. The summed E-state index contributed by atoms with van der Waals surface area (Å²) in [6.45, 7) is 2.22. The van der Waals surface area contributed by atoms with Gasteiger partial charge in [0.25, 0.3) is 0 Å². The first-order chi connectivity index (χ1) is 9.84. The standard InChI is InChI=1S/C14H13F4N3/c1-9-20-3-2-13(21-9)8-19-7-10-4-11(14(16,17)18)6-12(15)5-10/h2-6,19H,7-8H2,1H3. The van der Waals surface area contributed by atoms with Gasteiger partial charge in [0.2, 0.25) is 0 Å². The predicted molar refractivity (Wildman–Crippen MR) is 68.7 cm³/mol. The fourth-order valence-corrected chi connectivity index (χ4v) is 1.85. The summed E-state index contributed by atoms with van der Waals surface area (Å²) in [6.07, 6.45) is -2.95. The molecular weight excluding hydrogens is 286 g/mol. The van der Waals surface area contributed by atoms with Gasteiger partial charge in [-0.25, -0.2) is 14.4 Å². The molecule has 0 bridgehead atoms. The quantitative estimate of drug-likeness (QED) is 0.881. The van der Waals surface area contributed by atoms with E-state index < -0.39 is 17.6 Å². The maximum atomic E-state index is 13.2. The second kappa shape index (κ2) is 6.17. The lowest BCUT2D eigenvalue weighted by atomic mass is 10.1. The van der Waals surface area contributed by atoms with Gasteiger partial charge in [-0.3, -0.25) is 0 Å².